The first-order valence-corrected chi connectivity index (χ1v) is 10.9. The summed E-state index contributed by atoms with van der Waals surface area (Å²) < 4.78 is 47.3. The predicted molar refractivity (Wildman–Crippen MR) is 126 cm³/mol. The lowest BCUT2D eigenvalue weighted by molar-refractivity contribution is -0.158. The minimum absolute atomic E-state index is 0.0334. The van der Waals surface area contributed by atoms with Crippen molar-refractivity contribution in [3.8, 4) is 17.0 Å². The van der Waals surface area contributed by atoms with Crippen molar-refractivity contribution in [1.82, 2.24) is 19.9 Å². The van der Waals surface area contributed by atoms with Crippen molar-refractivity contribution in [3.63, 3.8) is 0 Å². The van der Waals surface area contributed by atoms with E-state index in [9.17, 15) is 18.0 Å². The molecule has 1 aliphatic carbocycles. The van der Waals surface area contributed by atoms with E-state index in [0.29, 0.717) is 35.5 Å². The zero-order valence-corrected chi connectivity index (χ0v) is 19.1. The summed E-state index contributed by atoms with van der Waals surface area (Å²) in [6, 6.07) is 6.87. The van der Waals surface area contributed by atoms with Gasteiger partial charge >= 0.3 is 12.2 Å². The van der Waals surface area contributed by atoms with E-state index < -0.39 is 24.0 Å². The number of nitrogens with one attached hydrogen (secondary N) is 1. The SMILES string of the molecule is C=NC(=N/C=C\C)Oc1cccc(-c2cc(C)n3ncc(C(=O)NC(C4CC4)C(F)(F)F)c3n2)c1. The molecule has 4 rings (SSSR count). The molecule has 3 aromatic rings. The van der Waals surface area contributed by atoms with Crippen LogP contribution in [0.2, 0.25) is 0 Å². The molecule has 0 bridgehead atoms. The number of alkyl halides is 3. The predicted octanol–water partition coefficient (Wildman–Crippen LogP) is 4.74. The third-order valence-corrected chi connectivity index (χ3v) is 5.44. The molecule has 2 aromatic heterocycles. The maximum atomic E-state index is 13.4. The number of aromatic nitrogens is 3. The summed E-state index contributed by atoms with van der Waals surface area (Å²) in [7, 11) is 0. The fraction of sp³-hybridized carbons (Fsp3) is 0.292. The summed E-state index contributed by atoms with van der Waals surface area (Å²) in [5.74, 6) is -1.03. The Morgan fingerprint density at radius 2 is 2.11 bits per heavy atom. The zero-order valence-electron chi connectivity index (χ0n) is 19.1. The third-order valence-electron chi connectivity index (χ3n) is 5.44. The van der Waals surface area contributed by atoms with E-state index in [2.05, 4.69) is 32.1 Å². The van der Waals surface area contributed by atoms with Gasteiger partial charge in [0.25, 0.3) is 5.91 Å². The molecule has 1 aliphatic rings. The van der Waals surface area contributed by atoms with E-state index in [1.165, 1.54) is 16.9 Å². The zero-order chi connectivity index (χ0) is 25.2. The van der Waals surface area contributed by atoms with Gasteiger partial charge < -0.3 is 10.1 Å². The van der Waals surface area contributed by atoms with Crippen LogP contribution in [0.5, 0.6) is 5.75 Å². The maximum Gasteiger partial charge on any atom is 0.408 e. The summed E-state index contributed by atoms with van der Waals surface area (Å²) in [5.41, 5.74) is 1.91. The number of aliphatic imine (C=N–C) groups is 2. The number of halogens is 3. The van der Waals surface area contributed by atoms with Crippen LogP contribution in [0.3, 0.4) is 0 Å². The number of carbonyl (C=O) groups excluding carboxylic acids is 1. The minimum Gasteiger partial charge on any atom is -0.424 e. The van der Waals surface area contributed by atoms with E-state index in [1.807, 2.05) is 0 Å². The van der Waals surface area contributed by atoms with Gasteiger partial charge in [-0.05, 0) is 57.5 Å². The molecule has 1 amide bonds. The summed E-state index contributed by atoms with van der Waals surface area (Å²) in [4.78, 5) is 25.1. The molecule has 0 aliphatic heterocycles. The van der Waals surface area contributed by atoms with Crippen LogP contribution < -0.4 is 10.1 Å². The Kier molecular flexibility index (Phi) is 6.68. The molecule has 35 heavy (non-hydrogen) atoms. The van der Waals surface area contributed by atoms with Crippen LogP contribution in [0.4, 0.5) is 13.2 Å². The van der Waals surface area contributed by atoms with Crippen LogP contribution in [-0.2, 0) is 0 Å². The molecule has 2 heterocycles. The van der Waals surface area contributed by atoms with Gasteiger partial charge in [-0.15, -0.1) is 0 Å². The van der Waals surface area contributed by atoms with Crippen molar-refractivity contribution in [2.45, 2.75) is 38.9 Å². The van der Waals surface area contributed by atoms with Crippen LogP contribution in [0.15, 0.2) is 58.8 Å². The van der Waals surface area contributed by atoms with E-state index >= 15 is 0 Å². The fourth-order valence-electron chi connectivity index (χ4n) is 3.60. The Hall–Kier alpha value is -4.02. The average molecular weight is 484 g/mol. The summed E-state index contributed by atoms with van der Waals surface area (Å²) >= 11 is 0. The van der Waals surface area contributed by atoms with E-state index in [4.69, 9.17) is 4.74 Å². The molecule has 1 atom stereocenters. The average Bonchev–Trinajstić information content (AvgIpc) is 3.56. The monoisotopic (exact) mass is 484 g/mol. The van der Waals surface area contributed by atoms with Crippen molar-refractivity contribution in [1.29, 1.82) is 0 Å². The third kappa shape index (κ3) is 5.39. The number of hydrogen-bond donors (Lipinski definition) is 1. The quantitative estimate of drug-likeness (QED) is 0.404. The molecule has 1 fully saturated rings. The minimum atomic E-state index is -4.52. The number of allylic oxidation sites excluding steroid dienone is 1. The molecule has 8 nitrogen and oxygen atoms in total. The van der Waals surface area contributed by atoms with Crippen LogP contribution >= 0.6 is 0 Å². The molecular formula is C24H23F3N6O2. The molecule has 11 heteroatoms. The highest BCUT2D eigenvalue weighted by Gasteiger charge is 2.49. The highest BCUT2D eigenvalue weighted by Crippen LogP contribution is 2.40. The second kappa shape index (κ2) is 9.69. The first-order valence-electron chi connectivity index (χ1n) is 10.9. The number of carbonyl (C=O) groups is 1. The smallest absolute Gasteiger partial charge is 0.408 e. The normalized spacial score (nSPS) is 15.4. The van der Waals surface area contributed by atoms with Gasteiger partial charge in [0.1, 0.15) is 17.4 Å². The second-order valence-corrected chi connectivity index (χ2v) is 8.09. The van der Waals surface area contributed by atoms with Crippen LogP contribution in [0.25, 0.3) is 16.9 Å². The lowest BCUT2D eigenvalue weighted by atomic mass is 10.1. The second-order valence-electron chi connectivity index (χ2n) is 8.09. The molecule has 1 aromatic carbocycles. The van der Waals surface area contributed by atoms with Crippen LogP contribution in [-0.4, -0.2) is 45.5 Å². The standard InChI is InChI=1S/C24H23F3N6O2/c1-4-10-29-23(28-3)35-17-7-5-6-16(12-17)19-11-14(2)33-21(31-19)18(13-30-33)22(34)32-20(15-8-9-15)24(25,26)27/h4-7,10-13,15,20H,3,8-9H2,1-2H3,(H,32,34)/b10-4-,29-23?. The van der Waals surface area contributed by atoms with Crippen molar-refractivity contribution >= 4 is 24.3 Å². The first-order chi connectivity index (χ1) is 16.7. The number of fused-ring (bicyclic) bond motifs is 1. The number of benzene rings is 1. The van der Waals surface area contributed by atoms with Crippen LogP contribution in [0.1, 0.15) is 35.8 Å². The van der Waals surface area contributed by atoms with Crippen molar-refractivity contribution in [2.24, 2.45) is 15.9 Å². The van der Waals surface area contributed by atoms with Gasteiger partial charge in [0.05, 0.1) is 11.9 Å². The number of aryl methyl sites for hydroxylation is 1. The number of nitrogens with zero attached hydrogens (tertiary/aromatic N) is 5. The van der Waals surface area contributed by atoms with Gasteiger partial charge in [0.2, 0.25) is 0 Å². The Morgan fingerprint density at radius 1 is 1.34 bits per heavy atom. The summed E-state index contributed by atoms with van der Waals surface area (Å²) in [6.07, 6.45) is 0.806. The Balaban J connectivity index is 1.66. The van der Waals surface area contributed by atoms with Gasteiger partial charge in [-0.1, -0.05) is 18.2 Å². The van der Waals surface area contributed by atoms with Gasteiger partial charge in [0, 0.05) is 17.5 Å². The molecule has 1 saturated carbocycles. The number of rotatable bonds is 6. The van der Waals surface area contributed by atoms with Crippen molar-refractivity contribution in [2.75, 3.05) is 0 Å². The van der Waals surface area contributed by atoms with E-state index in [0.717, 1.165) is 0 Å². The number of amides is 1. The molecular weight excluding hydrogens is 461 g/mol. The number of hydrogen-bond acceptors (Lipinski definition) is 5. The highest BCUT2D eigenvalue weighted by molar-refractivity contribution is 6.00. The van der Waals surface area contributed by atoms with E-state index in [-0.39, 0.29) is 17.2 Å². The van der Waals surface area contributed by atoms with Gasteiger partial charge in [-0.3, -0.25) is 4.79 Å². The lowest BCUT2D eigenvalue weighted by Crippen LogP contribution is -2.46. The molecule has 1 unspecified atom stereocenters. The Bertz CT molecular complexity index is 1320. The van der Waals surface area contributed by atoms with Gasteiger partial charge in [0.15, 0.2) is 5.65 Å². The van der Waals surface area contributed by atoms with E-state index in [1.54, 1.807) is 50.3 Å². The highest BCUT2D eigenvalue weighted by atomic mass is 19.4. The molecule has 0 spiro atoms. The topological polar surface area (TPSA) is 93.2 Å². The van der Waals surface area contributed by atoms with Crippen molar-refractivity contribution in [3.05, 3.63) is 60.1 Å². The first kappa shape index (κ1) is 24.1. The number of ether oxygens (including phenoxy) is 1. The van der Waals surface area contributed by atoms with Gasteiger partial charge in [-0.25, -0.2) is 19.5 Å². The molecule has 182 valence electrons. The Morgan fingerprint density at radius 3 is 2.77 bits per heavy atom. The molecule has 0 saturated heterocycles. The summed E-state index contributed by atoms with van der Waals surface area (Å²) in [5, 5.41) is 6.28. The molecule has 0 radical (unpaired) electrons. The largest absolute Gasteiger partial charge is 0.424 e. The summed E-state index contributed by atoms with van der Waals surface area (Å²) in [6.45, 7) is 7.00. The molecule has 1 N–H and O–H groups in total. The Labute approximate surface area is 199 Å². The number of amidine groups is 1. The lowest BCUT2D eigenvalue weighted by Gasteiger charge is -2.20. The van der Waals surface area contributed by atoms with Crippen LogP contribution in [0, 0.1) is 12.8 Å². The van der Waals surface area contributed by atoms with Crippen molar-refractivity contribution < 1.29 is 22.7 Å². The fourth-order valence-corrected chi connectivity index (χ4v) is 3.60. The van der Waals surface area contributed by atoms with Gasteiger partial charge in [-0.2, -0.15) is 18.3 Å². The maximum absolute atomic E-state index is 13.4.